The molecule has 0 amide bonds. The second-order valence-electron chi connectivity index (χ2n) is 11.1. The molecule has 0 unspecified atom stereocenters. The van der Waals surface area contributed by atoms with Crippen molar-refractivity contribution in [2.24, 2.45) is 0 Å². The Morgan fingerprint density at radius 3 is 2.00 bits per heavy atom. The summed E-state index contributed by atoms with van der Waals surface area (Å²) in [6.07, 6.45) is 3.67. The van der Waals surface area contributed by atoms with Gasteiger partial charge in [-0.2, -0.15) is 0 Å². The number of para-hydroxylation sites is 2. The molecule has 0 fully saturated rings. The summed E-state index contributed by atoms with van der Waals surface area (Å²) in [7, 11) is 0. The van der Waals surface area contributed by atoms with E-state index in [-0.39, 0.29) is 0 Å². The number of hydrogen-bond donors (Lipinski definition) is 0. The SMILES string of the molecule is c1ccc(-n2c3ccccc3c3ccc4c5cccnc5n(-c5cccc(Oc6cccc(-c7ccccn7)c6)c5)c4c32)cc1. The fourth-order valence-corrected chi connectivity index (χ4v) is 6.55. The van der Waals surface area contributed by atoms with Crippen LogP contribution in [0.5, 0.6) is 11.5 Å². The van der Waals surface area contributed by atoms with Crippen molar-refractivity contribution in [3.05, 3.63) is 158 Å². The average Bonchev–Trinajstić information content (AvgIpc) is 3.63. The summed E-state index contributed by atoms with van der Waals surface area (Å²) in [5.41, 5.74) is 8.33. The lowest BCUT2D eigenvalue weighted by Crippen LogP contribution is -1.99. The Balaban J connectivity index is 1.29. The molecule has 5 heteroatoms. The molecule has 0 bridgehead atoms. The molecule has 0 aliphatic carbocycles. The molecule has 212 valence electrons. The number of benzene rings is 5. The van der Waals surface area contributed by atoms with Crippen LogP contribution in [0.1, 0.15) is 0 Å². The minimum atomic E-state index is 0.743. The van der Waals surface area contributed by atoms with E-state index in [4.69, 9.17) is 9.72 Å². The van der Waals surface area contributed by atoms with Crippen LogP contribution < -0.4 is 4.74 Å². The fourth-order valence-electron chi connectivity index (χ4n) is 6.55. The molecule has 5 aromatic carbocycles. The normalized spacial score (nSPS) is 11.6. The molecule has 4 heterocycles. The van der Waals surface area contributed by atoms with Crippen molar-refractivity contribution in [1.29, 1.82) is 0 Å². The van der Waals surface area contributed by atoms with Gasteiger partial charge in [-0.25, -0.2) is 4.98 Å². The van der Waals surface area contributed by atoms with E-state index in [1.165, 1.54) is 16.3 Å². The summed E-state index contributed by atoms with van der Waals surface area (Å²) in [6.45, 7) is 0. The van der Waals surface area contributed by atoms with Crippen LogP contribution in [0.3, 0.4) is 0 Å². The molecular weight excluding hydrogens is 552 g/mol. The molecule has 0 N–H and O–H groups in total. The van der Waals surface area contributed by atoms with Crippen molar-refractivity contribution in [2.45, 2.75) is 0 Å². The van der Waals surface area contributed by atoms with Crippen LogP contribution in [0.25, 0.3) is 66.4 Å². The van der Waals surface area contributed by atoms with E-state index in [1.807, 2.05) is 66.9 Å². The highest BCUT2D eigenvalue weighted by atomic mass is 16.5. The first kappa shape index (κ1) is 25.3. The van der Waals surface area contributed by atoms with E-state index >= 15 is 0 Å². The minimum absolute atomic E-state index is 0.743. The van der Waals surface area contributed by atoms with Gasteiger partial charge in [0, 0.05) is 51.3 Å². The molecular formula is C40H26N4O. The maximum absolute atomic E-state index is 6.47. The van der Waals surface area contributed by atoms with Crippen LogP contribution in [0.2, 0.25) is 0 Å². The first-order valence-electron chi connectivity index (χ1n) is 15.0. The third-order valence-corrected chi connectivity index (χ3v) is 8.44. The highest BCUT2D eigenvalue weighted by Gasteiger charge is 2.21. The molecule has 0 aliphatic heterocycles. The van der Waals surface area contributed by atoms with Gasteiger partial charge >= 0.3 is 0 Å². The monoisotopic (exact) mass is 578 g/mol. The van der Waals surface area contributed by atoms with Crippen molar-refractivity contribution in [3.63, 3.8) is 0 Å². The molecule has 0 saturated carbocycles. The zero-order valence-electron chi connectivity index (χ0n) is 24.2. The van der Waals surface area contributed by atoms with Crippen LogP contribution in [0.15, 0.2) is 158 Å². The third-order valence-electron chi connectivity index (χ3n) is 8.44. The topological polar surface area (TPSA) is 44.9 Å². The number of nitrogens with zero attached hydrogens (tertiary/aromatic N) is 4. The standard InChI is InChI=1S/C40H26N4O/c1-2-12-28(13-3-1)43-37-20-5-4-17-32(37)33-21-22-34-35-18-10-24-42-40(35)44(39(34)38(33)43)29-14-9-16-31(26-29)45-30-15-8-11-27(25-30)36-19-6-7-23-41-36/h1-26H. The molecule has 0 saturated heterocycles. The lowest BCUT2D eigenvalue weighted by atomic mass is 10.1. The molecule has 0 aliphatic rings. The number of rotatable bonds is 5. The van der Waals surface area contributed by atoms with Crippen LogP contribution in [-0.4, -0.2) is 19.1 Å². The summed E-state index contributed by atoms with van der Waals surface area (Å²) in [5, 5.41) is 4.67. The Bertz CT molecular complexity index is 2510. The van der Waals surface area contributed by atoms with Gasteiger partial charge in [0.15, 0.2) is 0 Å². The van der Waals surface area contributed by atoms with Gasteiger partial charge in [-0.3, -0.25) is 9.55 Å². The molecule has 4 aromatic heterocycles. The first-order chi connectivity index (χ1) is 22.3. The highest BCUT2D eigenvalue weighted by molar-refractivity contribution is 6.23. The second-order valence-corrected chi connectivity index (χ2v) is 11.1. The van der Waals surface area contributed by atoms with Gasteiger partial charge in [-0.05, 0) is 66.7 Å². The highest BCUT2D eigenvalue weighted by Crippen LogP contribution is 2.41. The molecule has 9 rings (SSSR count). The van der Waals surface area contributed by atoms with Crippen LogP contribution >= 0.6 is 0 Å². The van der Waals surface area contributed by atoms with Gasteiger partial charge in [0.2, 0.25) is 0 Å². The Morgan fingerprint density at radius 1 is 0.444 bits per heavy atom. The van der Waals surface area contributed by atoms with Crippen LogP contribution in [0.4, 0.5) is 0 Å². The maximum atomic E-state index is 6.47. The Kier molecular flexibility index (Phi) is 5.74. The number of ether oxygens (including phenoxy) is 1. The van der Waals surface area contributed by atoms with Gasteiger partial charge in [0.05, 0.1) is 27.9 Å². The van der Waals surface area contributed by atoms with Gasteiger partial charge in [0.1, 0.15) is 17.1 Å². The smallest absolute Gasteiger partial charge is 0.145 e. The van der Waals surface area contributed by atoms with Crippen molar-refractivity contribution in [2.75, 3.05) is 0 Å². The van der Waals surface area contributed by atoms with Gasteiger partial charge < -0.3 is 9.30 Å². The molecule has 0 spiro atoms. The number of fused-ring (bicyclic) bond motifs is 7. The molecule has 5 nitrogen and oxygen atoms in total. The molecule has 0 radical (unpaired) electrons. The largest absolute Gasteiger partial charge is 0.457 e. The summed E-state index contributed by atoms with van der Waals surface area (Å²) in [4.78, 5) is 9.43. The number of hydrogen-bond acceptors (Lipinski definition) is 3. The second kappa shape index (κ2) is 10.2. The van der Waals surface area contributed by atoms with Crippen molar-refractivity contribution < 1.29 is 4.74 Å². The van der Waals surface area contributed by atoms with Gasteiger partial charge in [0.25, 0.3) is 0 Å². The lowest BCUT2D eigenvalue weighted by molar-refractivity contribution is 0.482. The van der Waals surface area contributed by atoms with Gasteiger partial charge in [-0.15, -0.1) is 0 Å². The van der Waals surface area contributed by atoms with Crippen LogP contribution in [-0.2, 0) is 0 Å². The van der Waals surface area contributed by atoms with E-state index in [9.17, 15) is 0 Å². The molecule has 45 heavy (non-hydrogen) atoms. The molecule has 9 aromatic rings. The Labute approximate surface area is 259 Å². The summed E-state index contributed by atoms with van der Waals surface area (Å²) in [5.74, 6) is 1.50. The quantitative estimate of drug-likeness (QED) is 0.204. The van der Waals surface area contributed by atoms with Crippen molar-refractivity contribution >= 4 is 43.7 Å². The van der Waals surface area contributed by atoms with Crippen LogP contribution in [0, 0.1) is 0 Å². The first-order valence-corrected chi connectivity index (χ1v) is 15.0. The van der Waals surface area contributed by atoms with Crippen molar-refractivity contribution in [3.8, 4) is 34.1 Å². The zero-order chi connectivity index (χ0) is 29.7. The van der Waals surface area contributed by atoms with E-state index in [0.29, 0.717) is 0 Å². The summed E-state index contributed by atoms with van der Waals surface area (Å²) >= 11 is 0. The predicted molar refractivity (Wildman–Crippen MR) is 183 cm³/mol. The number of aromatic nitrogens is 4. The van der Waals surface area contributed by atoms with E-state index in [2.05, 4.69) is 99.0 Å². The number of pyridine rings is 2. The predicted octanol–water partition coefficient (Wildman–Crippen LogP) is 10.1. The fraction of sp³-hybridized carbons (Fsp3) is 0. The zero-order valence-corrected chi connectivity index (χ0v) is 24.2. The Hall–Kier alpha value is -6.20. The lowest BCUT2D eigenvalue weighted by Gasteiger charge is -2.13. The third kappa shape index (κ3) is 4.09. The van der Waals surface area contributed by atoms with E-state index < -0.39 is 0 Å². The summed E-state index contributed by atoms with van der Waals surface area (Å²) in [6, 6.07) is 50.1. The average molecular weight is 579 g/mol. The maximum Gasteiger partial charge on any atom is 0.145 e. The van der Waals surface area contributed by atoms with E-state index in [1.54, 1.807) is 6.20 Å². The van der Waals surface area contributed by atoms with Gasteiger partial charge in [-0.1, -0.05) is 72.8 Å². The Morgan fingerprint density at radius 2 is 1.13 bits per heavy atom. The minimum Gasteiger partial charge on any atom is -0.457 e. The summed E-state index contributed by atoms with van der Waals surface area (Å²) < 4.78 is 11.1. The van der Waals surface area contributed by atoms with E-state index in [0.717, 1.165) is 61.6 Å². The van der Waals surface area contributed by atoms with Crippen molar-refractivity contribution in [1.82, 2.24) is 19.1 Å². The molecule has 0 atom stereocenters.